The third-order valence-electron chi connectivity index (χ3n) is 4.36. The van der Waals surface area contributed by atoms with E-state index in [0.717, 1.165) is 14.1 Å². The summed E-state index contributed by atoms with van der Waals surface area (Å²) in [5.41, 5.74) is -1.75. The molecular formula is C17H12F6N4O3. The van der Waals surface area contributed by atoms with Crippen LogP contribution in [0.25, 0.3) is 5.69 Å². The Morgan fingerprint density at radius 3 is 1.83 bits per heavy atom. The Morgan fingerprint density at radius 2 is 1.40 bits per heavy atom. The molecule has 0 saturated heterocycles. The third kappa shape index (κ3) is 3.25. The maximum atomic E-state index is 13.6. The van der Waals surface area contributed by atoms with Gasteiger partial charge in [-0.05, 0) is 12.1 Å². The molecule has 0 aliphatic carbocycles. The van der Waals surface area contributed by atoms with Crippen molar-refractivity contribution in [3.63, 3.8) is 0 Å². The second-order valence-electron chi connectivity index (χ2n) is 6.55. The van der Waals surface area contributed by atoms with E-state index in [0.29, 0.717) is 27.7 Å². The Labute approximate surface area is 163 Å². The van der Waals surface area contributed by atoms with Crippen molar-refractivity contribution in [2.45, 2.75) is 12.4 Å². The molecule has 3 N–H and O–H groups in total. The summed E-state index contributed by atoms with van der Waals surface area (Å²) >= 11 is 0. The number of hydrogen-bond acceptors (Lipinski definition) is 5. The van der Waals surface area contributed by atoms with Crippen LogP contribution in [0.4, 0.5) is 37.8 Å². The van der Waals surface area contributed by atoms with Crippen LogP contribution in [0.5, 0.6) is 0 Å². The molecule has 0 radical (unpaired) electrons. The maximum absolute atomic E-state index is 13.6. The number of alkyl halides is 6. The second-order valence-corrected chi connectivity index (χ2v) is 6.55. The summed E-state index contributed by atoms with van der Waals surface area (Å²) in [5.74, 6) is -2.75. The number of carbonyl (C=O) groups is 2. The SMILES string of the molecule is CN(C)c1c(C(F)(F)F)cc(-n2c(N)c3c(cc2=O)C(=O)NC3=O)cc1C(F)(F)F. The third-order valence-corrected chi connectivity index (χ3v) is 4.36. The van der Waals surface area contributed by atoms with E-state index < -0.39 is 69.2 Å². The highest BCUT2D eigenvalue weighted by atomic mass is 19.4. The summed E-state index contributed by atoms with van der Waals surface area (Å²) < 4.78 is 81.8. The molecule has 1 aromatic carbocycles. The van der Waals surface area contributed by atoms with Gasteiger partial charge in [-0.15, -0.1) is 0 Å². The Balaban J connectivity index is 2.45. The number of aromatic nitrogens is 1. The van der Waals surface area contributed by atoms with Gasteiger partial charge < -0.3 is 10.6 Å². The van der Waals surface area contributed by atoms with Crippen LogP contribution < -0.4 is 21.5 Å². The van der Waals surface area contributed by atoms with Crippen molar-refractivity contribution in [3.05, 3.63) is 50.8 Å². The lowest BCUT2D eigenvalue weighted by molar-refractivity contribution is -0.142. The number of anilines is 2. The van der Waals surface area contributed by atoms with E-state index in [2.05, 4.69) is 0 Å². The minimum absolute atomic E-state index is 0.320. The van der Waals surface area contributed by atoms with E-state index in [1.165, 1.54) is 0 Å². The lowest BCUT2D eigenvalue weighted by Gasteiger charge is -2.26. The molecule has 0 fully saturated rings. The molecule has 3 rings (SSSR count). The molecule has 1 aromatic heterocycles. The normalized spacial score (nSPS) is 14.0. The smallest absolute Gasteiger partial charge is 0.384 e. The monoisotopic (exact) mass is 434 g/mol. The fourth-order valence-electron chi connectivity index (χ4n) is 3.21. The number of rotatable bonds is 2. The fourth-order valence-corrected chi connectivity index (χ4v) is 3.21. The second kappa shape index (κ2) is 6.50. The molecule has 2 amide bonds. The van der Waals surface area contributed by atoms with Gasteiger partial charge in [0.25, 0.3) is 17.4 Å². The minimum Gasteiger partial charge on any atom is -0.384 e. The molecule has 1 aliphatic rings. The van der Waals surface area contributed by atoms with Gasteiger partial charge in [-0.3, -0.25) is 24.3 Å². The topological polar surface area (TPSA) is 97.4 Å². The van der Waals surface area contributed by atoms with Crippen molar-refractivity contribution in [1.29, 1.82) is 0 Å². The van der Waals surface area contributed by atoms with E-state index in [4.69, 9.17) is 5.73 Å². The molecule has 7 nitrogen and oxygen atoms in total. The van der Waals surface area contributed by atoms with Gasteiger partial charge in [-0.1, -0.05) is 0 Å². The predicted octanol–water partition coefficient (Wildman–Crippen LogP) is 2.41. The first kappa shape index (κ1) is 21.2. The number of amides is 2. The Bertz CT molecular complexity index is 1110. The van der Waals surface area contributed by atoms with Gasteiger partial charge in [0.1, 0.15) is 5.82 Å². The quantitative estimate of drug-likeness (QED) is 0.559. The van der Waals surface area contributed by atoms with Crippen LogP contribution in [0.1, 0.15) is 31.8 Å². The molecule has 30 heavy (non-hydrogen) atoms. The van der Waals surface area contributed by atoms with Gasteiger partial charge in [0.05, 0.1) is 33.6 Å². The number of fused-ring (bicyclic) bond motifs is 1. The zero-order valence-corrected chi connectivity index (χ0v) is 15.2. The van der Waals surface area contributed by atoms with Crippen molar-refractivity contribution >= 4 is 23.3 Å². The average Bonchev–Trinajstić information content (AvgIpc) is 2.86. The van der Waals surface area contributed by atoms with Gasteiger partial charge in [-0.25, -0.2) is 0 Å². The molecule has 0 unspecified atom stereocenters. The molecular weight excluding hydrogens is 422 g/mol. The lowest BCUT2D eigenvalue weighted by atomic mass is 10.0. The summed E-state index contributed by atoms with van der Waals surface area (Å²) in [6.07, 6.45) is -10.4. The lowest BCUT2D eigenvalue weighted by Crippen LogP contribution is -2.27. The Hall–Kier alpha value is -3.51. The van der Waals surface area contributed by atoms with Gasteiger partial charge >= 0.3 is 12.4 Å². The number of hydrogen-bond donors (Lipinski definition) is 2. The Kier molecular flexibility index (Phi) is 4.60. The van der Waals surface area contributed by atoms with E-state index in [1.807, 2.05) is 5.32 Å². The van der Waals surface area contributed by atoms with Crippen molar-refractivity contribution in [3.8, 4) is 5.69 Å². The maximum Gasteiger partial charge on any atom is 0.418 e. The highest BCUT2D eigenvalue weighted by molar-refractivity contribution is 6.23. The summed E-state index contributed by atoms with van der Waals surface area (Å²) in [4.78, 5) is 36.6. The van der Waals surface area contributed by atoms with E-state index in [1.54, 1.807) is 0 Å². The van der Waals surface area contributed by atoms with Crippen LogP contribution in [-0.2, 0) is 12.4 Å². The summed E-state index contributed by atoms with van der Waals surface area (Å²) in [6, 6.07) is 1.26. The summed E-state index contributed by atoms with van der Waals surface area (Å²) in [7, 11) is 2.01. The molecule has 0 bridgehead atoms. The van der Waals surface area contributed by atoms with Gasteiger partial charge in [0, 0.05) is 20.2 Å². The van der Waals surface area contributed by atoms with Crippen molar-refractivity contribution < 1.29 is 35.9 Å². The molecule has 0 atom stereocenters. The molecule has 1 aliphatic heterocycles. The first-order valence-electron chi connectivity index (χ1n) is 8.06. The molecule has 0 saturated carbocycles. The number of imide groups is 1. The van der Waals surface area contributed by atoms with Crippen molar-refractivity contribution in [2.24, 2.45) is 0 Å². The fraction of sp³-hybridized carbons (Fsp3) is 0.235. The minimum atomic E-state index is -5.21. The molecule has 2 heterocycles. The molecule has 160 valence electrons. The van der Waals surface area contributed by atoms with Crippen LogP contribution in [0.3, 0.4) is 0 Å². The first-order valence-corrected chi connectivity index (χ1v) is 8.06. The number of nitrogen functional groups attached to an aromatic ring is 1. The van der Waals surface area contributed by atoms with E-state index in [9.17, 15) is 40.7 Å². The number of carbonyl (C=O) groups excluding carboxylic acids is 2. The van der Waals surface area contributed by atoms with E-state index >= 15 is 0 Å². The number of nitrogens with zero attached hydrogens (tertiary/aromatic N) is 2. The zero-order valence-electron chi connectivity index (χ0n) is 15.2. The van der Waals surface area contributed by atoms with Gasteiger partial charge in [0.15, 0.2) is 0 Å². The summed E-state index contributed by atoms with van der Waals surface area (Å²) in [5, 5.41) is 1.85. The zero-order chi connectivity index (χ0) is 22.8. The van der Waals surface area contributed by atoms with Crippen LogP contribution in [0.15, 0.2) is 23.0 Å². The number of nitrogens with two attached hydrogens (primary N) is 1. The van der Waals surface area contributed by atoms with Crippen LogP contribution in [-0.4, -0.2) is 30.5 Å². The highest BCUT2D eigenvalue weighted by Gasteiger charge is 2.43. The molecule has 13 heteroatoms. The largest absolute Gasteiger partial charge is 0.418 e. The van der Waals surface area contributed by atoms with Crippen LogP contribution in [0.2, 0.25) is 0 Å². The van der Waals surface area contributed by atoms with E-state index in [-0.39, 0.29) is 0 Å². The average molecular weight is 434 g/mol. The molecule has 0 spiro atoms. The number of nitrogens with one attached hydrogen (secondary N) is 1. The molecule has 2 aromatic rings. The van der Waals surface area contributed by atoms with Crippen molar-refractivity contribution in [2.75, 3.05) is 24.7 Å². The van der Waals surface area contributed by atoms with Crippen LogP contribution >= 0.6 is 0 Å². The Morgan fingerprint density at radius 1 is 0.900 bits per heavy atom. The highest BCUT2D eigenvalue weighted by Crippen LogP contribution is 2.45. The van der Waals surface area contributed by atoms with Crippen LogP contribution in [0, 0.1) is 0 Å². The first-order chi connectivity index (χ1) is 13.6. The number of benzene rings is 1. The van der Waals surface area contributed by atoms with Gasteiger partial charge in [-0.2, -0.15) is 26.3 Å². The standard InChI is InChI=1S/C17H12F6N4O3/c1-26(2)12-8(16(18,19)20)3-6(4-9(12)17(21,22)23)27-10(28)5-7-11(13(27)24)15(30)25-14(7)29/h3-5H,24H2,1-2H3,(H,25,29,30). The number of halogens is 6. The summed E-state index contributed by atoms with van der Waals surface area (Å²) in [6.45, 7) is 0. The van der Waals surface area contributed by atoms with Gasteiger partial charge in [0.2, 0.25) is 0 Å². The van der Waals surface area contributed by atoms with Crippen molar-refractivity contribution in [1.82, 2.24) is 9.88 Å². The number of pyridine rings is 1. The predicted molar refractivity (Wildman–Crippen MR) is 92.6 cm³/mol.